The van der Waals surface area contributed by atoms with Gasteiger partial charge in [-0.1, -0.05) is 60.1 Å². The summed E-state index contributed by atoms with van der Waals surface area (Å²) in [6.45, 7) is 1.17. The number of amides is 3. The summed E-state index contributed by atoms with van der Waals surface area (Å²) in [7, 11) is 0. The van der Waals surface area contributed by atoms with Crippen LogP contribution < -0.4 is 5.32 Å². The van der Waals surface area contributed by atoms with Gasteiger partial charge < -0.3 is 19.5 Å². The van der Waals surface area contributed by atoms with Gasteiger partial charge in [0.15, 0.2) is 5.76 Å². The molecule has 4 aromatic rings. The van der Waals surface area contributed by atoms with Crippen LogP contribution in [0.3, 0.4) is 0 Å². The number of nitrogens with zero attached hydrogens (tertiary/aromatic N) is 2. The molecule has 1 aromatic heterocycles. The Kier molecular flexibility index (Phi) is 5.75. The van der Waals surface area contributed by atoms with Crippen molar-refractivity contribution in [1.29, 1.82) is 0 Å². The van der Waals surface area contributed by atoms with E-state index in [-0.39, 0.29) is 18.0 Å². The van der Waals surface area contributed by atoms with Crippen molar-refractivity contribution in [2.24, 2.45) is 0 Å². The smallest absolute Gasteiger partial charge is 0.322 e. The lowest BCUT2D eigenvalue weighted by atomic mass is 10.0. The van der Waals surface area contributed by atoms with Gasteiger partial charge in [0.25, 0.3) is 5.91 Å². The van der Waals surface area contributed by atoms with E-state index >= 15 is 0 Å². The Balaban J connectivity index is 1.38. The van der Waals surface area contributed by atoms with Crippen molar-refractivity contribution in [3.63, 3.8) is 0 Å². The number of piperazine rings is 1. The van der Waals surface area contributed by atoms with Crippen LogP contribution in [0.2, 0.25) is 5.02 Å². The molecular formula is C26H22ClN3O3. The SMILES string of the molecule is O=C(c1cc2ccccc2o1)N1CCN(C(=O)Nc2ccc(Cl)cc2)C(c2ccccc2)C1. The molecule has 0 saturated carbocycles. The molecule has 3 aromatic carbocycles. The van der Waals surface area contributed by atoms with Crippen molar-refractivity contribution < 1.29 is 14.0 Å². The number of anilines is 1. The minimum atomic E-state index is -0.291. The summed E-state index contributed by atoms with van der Waals surface area (Å²) in [5.74, 6) is 0.131. The number of benzene rings is 3. The maximum Gasteiger partial charge on any atom is 0.322 e. The lowest BCUT2D eigenvalue weighted by Gasteiger charge is -2.41. The summed E-state index contributed by atoms with van der Waals surface area (Å²) in [4.78, 5) is 29.9. The normalized spacial score (nSPS) is 16.1. The van der Waals surface area contributed by atoms with Gasteiger partial charge in [-0.05, 0) is 42.0 Å². The van der Waals surface area contributed by atoms with E-state index < -0.39 is 0 Å². The molecule has 1 unspecified atom stereocenters. The minimum absolute atomic E-state index is 0.176. The molecule has 1 N–H and O–H groups in total. The van der Waals surface area contributed by atoms with Crippen LogP contribution in [-0.2, 0) is 0 Å². The number of nitrogens with one attached hydrogen (secondary N) is 1. The third-order valence-electron chi connectivity index (χ3n) is 5.84. The lowest BCUT2D eigenvalue weighted by Crippen LogP contribution is -2.53. The molecule has 0 aliphatic carbocycles. The van der Waals surface area contributed by atoms with E-state index in [1.54, 1.807) is 40.1 Å². The van der Waals surface area contributed by atoms with E-state index in [0.717, 1.165) is 10.9 Å². The van der Waals surface area contributed by atoms with Crippen LogP contribution >= 0.6 is 11.6 Å². The molecule has 3 amide bonds. The van der Waals surface area contributed by atoms with Gasteiger partial charge in [0, 0.05) is 35.7 Å². The average molecular weight is 460 g/mol. The zero-order valence-electron chi connectivity index (χ0n) is 17.8. The molecule has 5 rings (SSSR count). The standard InChI is InChI=1S/C26H22ClN3O3/c27-20-10-12-21(13-11-20)28-26(32)30-15-14-29(17-22(30)18-6-2-1-3-7-18)25(31)24-16-19-8-4-5-9-23(19)33-24/h1-13,16,22H,14-15,17H2,(H,28,32). The number of furan rings is 1. The Morgan fingerprint density at radius 1 is 0.909 bits per heavy atom. The molecular weight excluding hydrogens is 438 g/mol. The molecule has 0 spiro atoms. The van der Waals surface area contributed by atoms with Gasteiger partial charge in [0.05, 0.1) is 6.04 Å². The molecule has 0 radical (unpaired) electrons. The van der Waals surface area contributed by atoms with Gasteiger partial charge in [-0.3, -0.25) is 4.79 Å². The Labute approximate surface area is 196 Å². The topological polar surface area (TPSA) is 65.8 Å². The molecule has 7 heteroatoms. The van der Waals surface area contributed by atoms with E-state index in [9.17, 15) is 9.59 Å². The molecule has 1 fully saturated rings. The lowest BCUT2D eigenvalue weighted by molar-refractivity contribution is 0.0543. The summed E-state index contributed by atoms with van der Waals surface area (Å²) >= 11 is 5.95. The van der Waals surface area contributed by atoms with Crippen molar-refractivity contribution in [3.8, 4) is 0 Å². The highest BCUT2D eigenvalue weighted by atomic mass is 35.5. The third-order valence-corrected chi connectivity index (χ3v) is 6.10. The number of rotatable bonds is 3. The van der Waals surface area contributed by atoms with Gasteiger partial charge >= 0.3 is 6.03 Å². The van der Waals surface area contributed by atoms with Gasteiger partial charge in [-0.25, -0.2) is 4.79 Å². The third kappa shape index (κ3) is 4.43. The Morgan fingerprint density at radius 2 is 1.64 bits per heavy atom. The number of urea groups is 1. The van der Waals surface area contributed by atoms with Gasteiger partial charge in [-0.15, -0.1) is 0 Å². The second kappa shape index (κ2) is 9.00. The van der Waals surface area contributed by atoms with Crippen LogP contribution in [0, 0.1) is 0 Å². The Morgan fingerprint density at radius 3 is 2.39 bits per heavy atom. The number of para-hydroxylation sites is 1. The van der Waals surface area contributed by atoms with Crippen LogP contribution in [-0.4, -0.2) is 41.4 Å². The molecule has 2 heterocycles. The Hall–Kier alpha value is -3.77. The van der Waals surface area contributed by atoms with Crippen LogP contribution in [0.1, 0.15) is 22.2 Å². The van der Waals surface area contributed by atoms with Crippen LogP contribution in [0.4, 0.5) is 10.5 Å². The van der Waals surface area contributed by atoms with Crippen molar-refractivity contribution in [3.05, 3.63) is 101 Å². The molecule has 1 atom stereocenters. The van der Waals surface area contributed by atoms with Gasteiger partial charge in [0.2, 0.25) is 0 Å². The largest absolute Gasteiger partial charge is 0.451 e. The number of fused-ring (bicyclic) bond motifs is 1. The van der Waals surface area contributed by atoms with E-state index in [1.807, 2.05) is 54.6 Å². The maximum atomic E-state index is 13.2. The molecule has 1 saturated heterocycles. The Bertz CT molecular complexity index is 1250. The fourth-order valence-electron chi connectivity index (χ4n) is 4.14. The maximum absolute atomic E-state index is 13.2. The monoisotopic (exact) mass is 459 g/mol. The van der Waals surface area contributed by atoms with E-state index in [4.69, 9.17) is 16.0 Å². The number of hydrogen-bond acceptors (Lipinski definition) is 3. The minimum Gasteiger partial charge on any atom is -0.451 e. The summed E-state index contributed by atoms with van der Waals surface area (Å²) in [5.41, 5.74) is 2.31. The zero-order valence-corrected chi connectivity index (χ0v) is 18.5. The number of carbonyl (C=O) groups excluding carboxylic acids is 2. The van der Waals surface area contributed by atoms with Crippen molar-refractivity contribution in [2.75, 3.05) is 25.0 Å². The fourth-order valence-corrected chi connectivity index (χ4v) is 4.27. The van der Waals surface area contributed by atoms with Crippen LogP contribution in [0.25, 0.3) is 11.0 Å². The first kappa shape index (κ1) is 21.1. The average Bonchev–Trinajstić information content (AvgIpc) is 3.29. The number of carbonyl (C=O) groups is 2. The summed E-state index contributed by atoms with van der Waals surface area (Å²) in [5, 5.41) is 4.43. The first-order valence-electron chi connectivity index (χ1n) is 10.7. The van der Waals surface area contributed by atoms with Gasteiger partial charge in [-0.2, -0.15) is 0 Å². The number of hydrogen-bond donors (Lipinski definition) is 1. The van der Waals surface area contributed by atoms with Crippen molar-refractivity contribution in [2.45, 2.75) is 6.04 Å². The summed E-state index contributed by atoms with van der Waals surface area (Å²) in [6, 6.07) is 25.6. The van der Waals surface area contributed by atoms with Crippen molar-refractivity contribution in [1.82, 2.24) is 9.80 Å². The van der Waals surface area contributed by atoms with Gasteiger partial charge in [0.1, 0.15) is 5.58 Å². The molecule has 1 aliphatic rings. The van der Waals surface area contributed by atoms with E-state index in [1.165, 1.54) is 0 Å². The second-order valence-corrected chi connectivity index (χ2v) is 8.39. The van der Waals surface area contributed by atoms with E-state index in [0.29, 0.717) is 41.7 Å². The second-order valence-electron chi connectivity index (χ2n) is 7.96. The summed E-state index contributed by atoms with van der Waals surface area (Å²) < 4.78 is 5.79. The summed E-state index contributed by atoms with van der Waals surface area (Å²) in [6.07, 6.45) is 0. The predicted octanol–water partition coefficient (Wildman–Crippen LogP) is 5.82. The molecule has 6 nitrogen and oxygen atoms in total. The quantitative estimate of drug-likeness (QED) is 0.420. The highest BCUT2D eigenvalue weighted by Crippen LogP contribution is 2.28. The van der Waals surface area contributed by atoms with Crippen LogP contribution in [0.15, 0.2) is 89.3 Å². The zero-order chi connectivity index (χ0) is 22.8. The number of halogens is 1. The fraction of sp³-hybridized carbons (Fsp3) is 0.154. The predicted molar refractivity (Wildman–Crippen MR) is 128 cm³/mol. The van der Waals surface area contributed by atoms with Crippen molar-refractivity contribution >= 4 is 40.2 Å². The highest BCUT2D eigenvalue weighted by molar-refractivity contribution is 6.30. The molecule has 0 bridgehead atoms. The van der Waals surface area contributed by atoms with E-state index in [2.05, 4.69) is 5.32 Å². The molecule has 33 heavy (non-hydrogen) atoms. The molecule has 166 valence electrons. The molecule has 1 aliphatic heterocycles. The first-order chi connectivity index (χ1) is 16.1. The van der Waals surface area contributed by atoms with Crippen LogP contribution in [0.5, 0.6) is 0 Å². The first-order valence-corrected chi connectivity index (χ1v) is 11.1. The highest BCUT2D eigenvalue weighted by Gasteiger charge is 2.34.